The lowest BCUT2D eigenvalue weighted by atomic mass is 10.0. The fourth-order valence-corrected chi connectivity index (χ4v) is 10.1. The van der Waals surface area contributed by atoms with Gasteiger partial charge in [0.1, 0.15) is 13.2 Å². The molecule has 2 atom stereocenters. The molecule has 0 bridgehead atoms. The molecule has 0 fully saturated rings. The largest absolute Gasteiger partial charge is 0.477 e. The fourth-order valence-electron chi connectivity index (χ4n) is 10.1. The van der Waals surface area contributed by atoms with Crippen LogP contribution in [0.2, 0.25) is 0 Å². The second-order valence-corrected chi connectivity index (χ2v) is 25.9. The van der Waals surface area contributed by atoms with Crippen molar-refractivity contribution in [3.8, 4) is 0 Å². The van der Waals surface area contributed by atoms with Crippen LogP contribution in [-0.4, -0.2) is 87.4 Å². The molecule has 0 radical (unpaired) electrons. The number of allylic oxidation sites excluding steroid dienone is 26. The van der Waals surface area contributed by atoms with Gasteiger partial charge in [-0.1, -0.05) is 313 Å². The molecule has 528 valence electrons. The van der Waals surface area contributed by atoms with Gasteiger partial charge in [0.15, 0.2) is 6.10 Å². The van der Waals surface area contributed by atoms with Gasteiger partial charge in [-0.25, -0.2) is 4.79 Å². The van der Waals surface area contributed by atoms with E-state index in [1.165, 1.54) is 141 Å². The van der Waals surface area contributed by atoms with E-state index < -0.39 is 24.3 Å². The molecule has 0 saturated carbocycles. The molecular formula is C84H140NO8+. The minimum Gasteiger partial charge on any atom is -0.477 e. The molecule has 0 amide bonds. The summed E-state index contributed by atoms with van der Waals surface area (Å²) in [6.07, 6.45) is 105. The third-order valence-electron chi connectivity index (χ3n) is 15.8. The third-order valence-corrected chi connectivity index (χ3v) is 15.8. The Morgan fingerprint density at radius 1 is 0.333 bits per heavy atom. The number of hydrogen-bond donors (Lipinski definition) is 1. The van der Waals surface area contributed by atoms with Gasteiger partial charge in [-0.05, 0) is 128 Å². The summed E-state index contributed by atoms with van der Waals surface area (Å²) >= 11 is 0. The van der Waals surface area contributed by atoms with E-state index in [0.717, 1.165) is 122 Å². The number of quaternary nitrogens is 1. The Bertz CT molecular complexity index is 2090. The number of rotatable bonds is 68. The SMILES string of the molecule is CC/C=C\C/C=C\C/C=C\C/C=C\C/C=C\C/C=C\C/C=C\C/C=C\C/C=C\C/C=C\C/C=C\CCCCCCCCCC(=O)OC(COC(=O)CCCCCCCCCCCCCCCCC/C=C\C/C=C\CCCCCCC)COC(OCC[N+](C)(C)C)C(=O)O. The maximum Gasteiger partial charge on any atom is 0.361 e. The van der Waals surface area contributed by atoms with Crippen LogP contribution in [0.4, 0.5) is 0 Å². The van der Waals surface area contributed by atoms with Gasteiger partial charge in [0.25, 0.3) is 6.29 Å². The summed E-state index contributed by atoms with van der Waals surface area (Å²) in [7, 11) is 5.97. The van der Waals surface area contributed by atoms with E-state index in [4.69, 9.17) is 18.9 Å². The quantitative estimate of drug-likeness (QED) is 0.0211. The molecule has 0 heterocycles. The molecule has 0 saturated heterocycles. The van der Waals surface area contributed by atoms with E-state index in [1.807, 2.05) is 21.1 Å². The molecule has 0 aromatic carbocycles. The number of carbonyl (C=O) groups excluding carboxylic acids is 2. The number of hydrogen-bond acceptors (Lipinski definition) is 7. The van der Waals surface area contributed by atoms with Crippen molar-refractivity contribution in [3.63, 3.8) is 0 Å². The van der Waals surface area contributed by atoms with Crippen LogP contribution in [-0.2, 0) is 33.3 Å². The number of nitrogens with zero attached hydrogens (tertiary/aromatic N) is 1. The Balaban J connectivity index is 4.16. The van der Waals surface area contributed by atoms with Gasteiger partial charge < -0.3 is 28.5 Å². The highest BCUT2D eigenvalue weighted by atomic mass is 16.7. The van der Waals surface area contributed by atoms with Crippen LogP contribution in [0.15, 0.2) is 158 Å². The van der Waals surface area contributed by atoms with E-state index in [9.17, 15) is 19.5 Å². The molecule has 0 spiro atoms. The van der Waals surface area contributed by atoms with Crippen LogP contribution in [0, 0.1) is 0 Å². The fraction of sp³-hybridized carbons (Fsp3) is 0.655. The summed E-state index contributed by atoms with van der Waals surface area (Å²) < 4.78 is 23.0. The van der Waals surface area contributed by atoms with Gasteiger partial charge in [-0.3, -0.25) is 9.59 Å². The van der Waals surface area contributed by atoms with Crippen molar-refractivity contribution in [2.24, 2.45) is 0 Å². The summed E-state index contributed by atoms with van der Waals surface area (Å²) in [5.41, 5.74) is 0. The van der Waals surface area contributed by atoms with Crippen molar-refractivity contribution in [2.45, 2.75) is 309 Å². The number of carboxylic acid groups (broad SMARTS) is 1. The van der Waals surface area contributed by atoms with Crippen LogP contribution >= 0.6 is 0 Å². The Morgan fingerprint density at radius 3 is 0.914 bits per heavy atom. The highest BCUT2D eigenvalue weighted by Crippen LogP contribution is 2.17. The smallest absolute Gasteiger partial charge is 0.361 e. The second kappa shape index (κ2) is 72.7. The molecule has 9 heteroatoms. The molecular weight excluding hydrogens is 1150 g/mol. The summed E-state index contributed by atoms with van der Waals surface area (Å²) in [6, 6.07) is 0. The summed E-state index contributed by atoms with van der Waals surface area (Å²) in [6.45, 7) is 4.75. The first kappa shape index (κ1) is 87.9. The molecule has 1 N–H and O–H groups in total. The number of carbonyl (C=O) groups is 3. The van der Waals surface area contributed by atoms with E-state index in [1.54, 1.807) is 0 Å². The third kappa shape index (κ3) is 74.2. The first-order chi connectivity index (χ1) is 45.6. The van der Waals surface area contributed by atoms with Gasteiger partial charge >= 0.3 is 17.9 Å². The highest BCUT2D eigenvalue weighted by Gasteiger charge is 2.25. The molecule has 93 heavy (non-hydrogen) atoms. The zero-order chi connectivity index (χ0) is 67.5. The van der Waals surface area contributed by atoms with E-state index >= 15 is 0 Å². The number of carboxylic acids is 1. The molecule has 0 rings (SSSR count). The summed E-state index contributed by atoms with van der Waals surface area (Å²) in [4.78, 5) is 37.7. The Hall–Kier alpha value is -5.09. The Morgan fingerprint density at radius 2 is 0.613 bits per heavy atom. The maximum absolute atomic E-state index is 13.0. The monoisotopic (exact) mass is 1290 g/mol. The average molecular weight is 1290 g/mol. The van der Waals surface area contributed by atoms with Gasteiger partial charge in [-0.2, -0.15) is 0 Å². The first-order valence-corrected chi connectivity index (χ1v) is 37.6. The average Bonchev–Trinajstić information content (AvgIpc) is 3.38. The first-order valence-electron chi connectivity index (χ1n) is 37.6. The van der Waals surface area contributed by atoms with Crippen LogP contribution in [0.3, 0.4) is 0 Å². The van der Waals surface area contributed by atoms with Crippen molar-refractivity contribution < 1.29 is 42.9 Å². The van der Waals surface area contributed by atoms with Crippen molar-refractivity contribution in [3.05, 3.63) is 158 Å². The van der Waals surface area contributed by atoms with Gasteiger partial charge in [-0.15, -0.1) is 0 Å². The lowest BCUT2D eigenvalue weighted by Crippen LogP contribution is -2.40. The molecule has 9 nitrogen and oxygen atoms in total. The minimum atomic E-state index is -1.52. The lowest BCUT2D eigenvalue weighted by molar-refractivity contribution is -0.870. The van der Waals surface area contributed by atoms with Gasteiger partial charge in [0.2, 0.25) is 0 Å². The predicted octanol–water partition coefficient (Wildman–Crippen LogP) is 24.0. The van der Waals surface area contributed by atoms with Gasteiger partial charge in [0, 0.05) is 12.8 Å². The molecule has 0 aromatic heterocycles. The van der Waals surface area contributed by atoms with Gasteiger partial charge in [0.05, 0.1) is 34.4 Å². The molecule has 0 aliphatic rings. The molecule has 0 aliphatic heterocycles. The van der Waals surface area contributed by atoms with E-state index in [0.29, 0.717) is 23.9 Å². The molecule has 0 aromatic rings. The maximum atomic E-state index is 13.0. The zero-order valence-electron chi connectivity index (χ0n) is 60.4. The zero-order valence-corrected chi connectivity index (χ0v) is 60.4. The second-order valence-electron chi connectivity index (χ2n) is 25.9. The number of unbranched alkanes of at least 4 members (excludes halogenated alkanes) is 27. The Kier molecular flexibility index (Phi) is 68.8. The number of esters is 2. The predicted molar refractivity (Wildman–Crippen MR) is 400 cm³/mol. The lowest BCUT2D eigenvalue weighted by Gasteiger charge is -2.25. The number of ether oxygens (including phenoxy) is 4. The highest BCUT2D eigenvalue weighted by molar-refractivity contribution is 5.71. The topological polar surface area (TPSA) is 108 Å². The summed E-state index contributed by atoms with van der Waals surface area (Å²) in [5.74, 6) is -2.02. The van der Waals surface area contributed by atoms with Crippen molar-refractivity contribution >= 4 is 17.9 Å². The van der Waals surface area contributed by atoms with Crippen LogP contribution < -0.4 is 0 Å². The molecule has 2 unspecified atom stereocenters. The normalized spacial score (nSPS) is 13.6. The van der Waals surface area contributed by atoms with Crippen LogP contribution in [0.1, 0.15) is 296 Å². The van der Waals surface area contributed by atoms with Crippen molar-refractivity contribution in [1.29, 1.82) is 0 Å². The van der Waals surface area contributed by atoms with E-state index in [2.05, 4.69) is 172 Å². The number of likely N-dealkylation sites (N-methyl/N-ethyl adjacent to an activating group) is 1. The Labute approximate surface area is 572 Å². The number of aliphatic carboxylic acids is 1. The minimum absolute atomic E-state index is 0.179. The van der Waals surface area contributed by atoms with Crippen molar-refractivity contribution in [2.75, 3.05) is 47.5 Å². The van der Waals surface area contributed by atoms with E-state index in [-0.39, 0.29) is 32.2 Å². The standard InChI is InChI=1S/C84H139NO8/c1-6-8-10-12-14-16-18-20-22-24-26-28-30-32-34-35-36-37-38-39-40-41-42-43-44-45-46-47-49-51-53-55-57-59-61-63-65-67-69-71-73-75-82(87)93-80(79-92-84(83(88)89)90-77-76-85(3,4)5)78-91-81(86)74-72-70-68-66-64-62-60-58-56-54-52-50-48-33-31-29-27-25-23-21-19-17-15-13-11-9-7-2/h8,10,14,16,19-22,25-28,32,34,36-37,39-40,42-43,45-46,49,51,55,57,80,84H,6-7,9,11-13,15,17-18,23-24,29-31,33,35,38,41,44,47-48,50,52-54,56,58-79H2,1-5H3/p+1/b10-8-,16-14-,21-19-,22-20-,27-25-,28-26-,34-32-,37-36-,40-39-,43-42-,46-45-,51-49-,57-55-. The van der Waals surface area contributed by atoms with Crippen LogP contribution in [0.25, 0.3) is 0 Å². The van der Waals surface area contributed by atoms with Crippen molar-refractivity contribution in [1.82, 2.24) is 0 Å². The van der Waals surface area contributed by atoms with Crippen LogP contribution in [0.5, 0.6) is 0 Å². The summed E-state index contributed by atoms with van der Waals surface area (Å²) in [5, 5.41) is 9.76. The molecule has 0 aliphatic carbocycles.